The Morgan fingerprint density at radius 3 is 2.16 bits per heavy atom. The number of piperidine rings is 1. The van der Waals surface area contributed by atoms with Crippen LogP contribution in [0.3, 0.4) is 0 Å². The number of nitrogens with zero attached hydrogens (tertiary/aromatic N) is 1. The summed E-state index contributed by atoms with van der Waals surface area (Å²) in [4.78, 5) is 12.9. The van der Waals surface area contributed by atoms with Gasteiger partial charge in [0.25, 0.3) is 0 Å². The first kappa shape index (κ1) is 23.9. The molecule has 1 fully saturated rings. The summed E-state index contributed by atoms with van der Waals surface area (Å²) in [6.07, 6.45) is 0.893. The van der Waals surface area contributed by atoms with Crippen LogP contribution in [0.5, 0.6) is 17.2 Å². The average molecular weight is 463 g/mol. The van der Waals surface area contributed by atoms with Gasteiger partial charge in [0.05, 0.1) is 33.4 Å². The number of ether oxygens (including phenoxy) is 3. The lowest BCUT2D eigenvalue weighted by Crippen LogP contribution is -2.43. The number of nitrogens with one attached hydrogen (secondary N) is 1. The summed E-state index contributed by atoms with van der Waals surface area (Å²) < 4.78 is 43.8. The fourth-order valence-corrected chi connectivity index (χ4v) is 5.62. The molecule has 0 bridgehead atoms. The first-order valence-corrected chi connectivity index (χ1v) is 11.9. The molecule has 9 heteroatoms. The maximum absolute atomic E-state index is 13.2. The number of carbonyl (C=O) groups is 1. The number of amides is 1. The fraction of sp³-hybridized carbons (Fsp3) is 0.435. The van der Waals surface area contributed by atoms with Crippen LogP contribution in [0.4, 0.5) is 0 Å². The zero-order valence-corrected chi connectivity index (χ0v) is 19.7. The molecule has 0 spiro atoms. The number of hydrogen-bond donors (Lipinski definition) is 1. The van der Waals surface area contributed by atoms with E-state index >= 15 is 0 Å². The Bertz CT molecular complexity index is 1040. The molecule has 0 unspecified atom stereocenters. The smallest absolute Gasteiger partial charge is 0.246 e. The van der Waals surface area contributed by atoms with Crippen molar-refractivity contribution in [1.29, 1.82) is 0 Å². The molecule has 174 valence electrons. The molecule has 1 saturated heterocycles. The van der Waals surface area contributed by atoms with Gasteiger partial charge in [0.15, 0.2) is 0 Å². The highest BCUT2D eigenvalue weighted by Crippen LogP contribution is 2.31. The van der Waals surface area contributed by atoms with Gasteiger partial charge in [-0.25, -0.2) is 8.42 Å². The number of sulfonamides is 1. The SMILES string of the molecule is COc1ccc(C)cc1S(=O)(=O)N1CCC(C(=O)NCc2c(OC)cccc2OC)CC1. The Balaban J connectivity index is 1.64. The summed E-state index contributed by atoms with van der Waals surface area (Å²) in [5.41, 5.74) is 1.60. The molecule has 1 aliphatic rings. The Morgan fingerprint density at radius 2 is 1.59 bits per heavy atom. The van der Waals surface area contributed by atoms with E-state index in [2.05, 4.69) is 5.32 Å². The van der Waals surface area contributed by atoms with Crippen LogP contribution in [0.2, 0.25) is 0 Å². The first-order chi connectivity index (χ1) is 15.3. The number of rotatable bonds is 8. The van der Waals surface area contributed by atoms with Crippen LogP contribution in [0.25, 0.3) is 0 Å². The third-order valence-corrected chi connectivity index (χ3v) is 7.65. The lowest BCUT2D eigenvalue weighted by atomic mass is 9.97. The van der Waals surface area contributed by atoms with Crippen LogP contribution >= 0.6 is 0 Å². The van der Waals surface area contributed by atoms with E-state index in [1.165, 1.54) is 11.4 Å². The topological polar surface area (TPSA) is 94.2 Å². The van der Waals surface area contributed by atoms with Crippen molar-refractivity contribution >= 4 is 15.9 Å². The molecule has 1 aliphatic heterocycles. The minimum absolute atomic E-state index is 0.108. The van der Waals surface area contributed by atoms with Gasteiger partial charge < -0.3 is 19.5 Å². The van der Waals surface area contributed by atoms with E-state index in [-0.39, 0.29) is 36.4 Å². The van der Waals surface area contributed by atoms with Gasteiger partial charge >= 0.3 is 0 Å². The van der Waals surface area contributed by atoms with Crippen molar-refractivity contribution in [2.45, 2.75) is 31.2 Å². The van der Waals surface area contributed by atoms with E-state index in [1.54, 1.807) is 26.4 Å². The van der Waals surface area contributed by atoms with E-state index in [1.807, 2.05) is 31.2 Å². The second-order valence-corrected chi connectivity index (χ2v) is 9.60. The predicted molar refractivity (Wildman–Crippen MR) is 121 cm³/mol. The van der Waals surface area contributed by atoms with Gasteiger partial charge in [0.1, 0.15) is 22.1 Å². The van der Waals surface area contributed by atoms with E-state index < -0.39 is 10.0 Å². The Hall–Kier alpha value is -2.78. The second kappa shape index (κ2) is 10.2. The molecule has 2 aromatic carbocycles. The van der Waals surface area contributed by atoms with E-state index in [9.17, 15) is 13.2 Å². The van der Waals surface area contributed by atoms with Gasteiger partial charge in [0.2, 0.25) is 15.9 Å². The molecule has 0 aliphatic carbocycles. The molecule has 32 heavy (non-hydrogen) atoms. The summed E-state index contributed by atoms with van der Waals surface area (Å²) in [6.45, 7) is 2.65. The fourth-order valence-electron chi connectivity index (χ4n) is 3.91. The molecule has 3 rings (SSSR count). The molecular formula is C23H30N2O6S. The van der Waals surface area contributed by atoms with Gasteiger partial charge in [-0.3, -0.25) is 4.79 Å². The van der Waals surface area contributed by atoms with Crippen molar-refractivity contribution in [3.8, 4) is 17.2 Å². The monoisotopic (exact) mass is 462 g/mol. The third-order valence-electron chi connectivity index (χ3n) is 5.73. The van der Waals surface area contributed by atoms with Crippen LogP contribution in [0, 0.1) is 12.8 Å². The van der Waals surface area contributed by atoms with Gasteiger partial charge in [-0.2, -0.15) is 4.31 Å². The Morgan fingerprint density at radius 1 is 1.00 bits per heavy atom. The highest BCUT2D eigenvalue weighted by molar-refractivity contribution is 7.89. The van der Waals surface area contributed by atoms with Gasteiger partial charge in [0, 0.05) is 19.0 Å². The van der Waals surface area contributed by atoms with Crippen LogP contribution < -0.4 is 19.5 Å². The van der Waals surface area contributed by atoms with Crippen LogP contribution in [-0.2, 0) is 21.4 Å². The normalized spacial score (nSPS) is 15.2. The minimum atomic E-state index is -3.71. The molecule has 0 aromatic heterocycles. The molecule has 2 aromatic rings. The van der Waals surface area contributed by atoms with Crippen molar-refractivity contribution < 1.29 is 27.4 Å². The second-order valence-electron chi connectivity index (χ2n) is 7.69. The number of hydrogen-bond acceptors (Lipinski definition) is 6. The van der Waals surface area contributed by atoms with Crippen LogP contribution in [0.1, 0.15) is 24.0 Å². The summed E-state index contributed by atoms with van der Waals surface area (Å²) in [6, 6.07) is 10.5. The zero-order chi connectivity index (χ0) is 23.3. The average Bonchev–Trinajstić information content (AvgIpc) is 2.82. The standard InChI is InChI=1S/C23H30N2O6S/c1-16-8-9-21(31-4)22(14-16)32(27,28)25-12-10-17(11-13-25)23(26)24-15-18-19(29-2)6-5-7-20(18)30-3/h5-9,14,17H,10-13,15H2,1-4H3,(H,24,26). The van der Waals surface area contributed by atoms with Crippen molar-refractivity contribution in [3.63, 3.8) is 0 Å². The first-order valence-electron chi connectivity index (χ1n) is 10.4. The molecule has 1 heterocycles. The molecule has 0 saturated carbocycles. The summed E-state index contributed by atoms with van der Waals surface area (Å²) in [5.74, 6) is 1.22. The predicted octanol–water partition coefficient (Wildman–Crippen LogP) is 2.74. The number of aryl methyl sites for hydroxylation is 1. The van der Waals surface area contributed by atoms with E-state index in [0.29, 0.717) is 30.1 Å². The highest BCUT2D eigenvalue weighted by atomic mass is 32.2. The Labute approximate surface area is 189 Å². The van der Waals surface area contributed by atoms with E-state index in [0.717, 1.165) is 11.1 Å². The van der Waals surface area contributed by atoms with Crippen LogP contribution in [-0.4, -0.2) is 53.0 Å². The maximum atomic E-state index is 13.2. The zero-order valence-electron chi connectivity index (χ0n) is 18.9. The van der Waals surface area contributed by atoms with Crippen LogP contribution in [0.15, 0.2) is 41.3 Å². The van der Waals surface area contributed by atoms with Crippen molar-refractivity contribution in [3.05, 3.63) is 47.5 Å². The van der Waals surface area contributed by atoms with Gasteiger partial charge in [-0.1, -0.05) is 12.1 Å². The lowest BCUT2D eigenvalue weighted by molar-refractivity contribution is -0.126. The molecule has 0 atom stereocenters. The molecule has 1 amide bonds. The largest absolute Gasteiger partial charge is 0.496 e. The maximum Gasteiger partial charge on any atom is 0.246 e. The summed E-state index contributed by atoms with van der Waals surface area (Å²) in [7, 11) is 0.887. The van der Waals surface area contributed by atoms with Gasteiger partial charge in [-0.15, -0.1) is 0 Å². The Kier molecular flexibility index (Phi) is 7.63. The molecule has 1 N–H and O–H groups in total. The van der Waals surface area contributed by atoms with Crippen molar-refractivity contribution in [2.24, 2.45) is 5.92 Å². The third kappa shape index (κ3) is 4.99. The quantitative estimate of drug-likeness (QED) is 0.648. The lowest BCUT2D eigenvalue weighted by Gasteiger charge is -2.31. The molecular weight excluding hydrogens is 432 g/mol. The van der Waals surface area contributed by atoms with E-state index in [4.69, 9.17) is 14.2 Å². The molecule has 8 nitrogen and oxygen atoms in total. The molecule has 0 radical (unpaired) electrons. The van der Waals surface area contributed by atoms with Gasteiger partial charge in [-0.05, 0) is 49.6 Å². The number of benzene rings is 2. The number of methoxy groups -OCH3 is 3. The number of carbonyl (C=O) groups excluding carboxylic acids is 1. The summed E-state index contributed by atoms with van der Waals surface area (Å²) >= 11 is 0. The minimum Gasteiger partial charge on any atom is -0.496 e. The van der Waals surface area contributed by atoms with Crippen molar-refractivity contribution in [1.82, 2.24) is 9.62 Å². The summed E-state index contributed by atoms with van der Waals surface area (Å²) in [5, 5.41) is 2.94. The van der Waals surface area contributed by atoms with Crippen molar-refractivity contribution in [2.75, 3.05) is 34.4 Å². The highest BCUT2D eigenvalue weighted by Gasteiger charge is 2.33.